The number of hydrogen-bond donors (Lipinski definition) is 0. The molecule has 0 bridgehead atoms. The summed E-state index contributed by atoms with van der Waals surface area (Å²) in [4.78, 5) is 25.9. The molecule has 0 unspecified atom stereocenters. The summed E-state index contributed by atoms with van der Waals surface area (Å²) in [6, 6.07) is 4.73. The molecule has 0 aliphatic heterocycles. The summed E-state index contributed by atoms with van der Waals surface area (Å²) < 4.78 is 0. The zero-order valence-corrected chi connectivity index (χ0v) is 12.2. The molecule has 0 amide bonds. The number of nitrogens with zero attached hydrogens (tertiary/aromatic N) is 2. The maximum Gasteiger partial charge on any atom is 1.00 e. The Morgan fingerprint density at radius 2 is 2.18 bits per heavy atom. The van der Waals surface area contributed by atoms with Crippen molar-refractivity contribution in [2.75, 3.05) is 0 Å². The van der Waals surface area contributed by atoms with Crippen LogP contribution in [-0.2, 0) is 10.3 Å². The van der Waals surface area contributed by atoms with Crippen LogP contribution in [0.3, 0.4) is 0 Å². The molecule has 1 heterocycles. The van der Waals surface area contributed by atoms with E-state index < -0.39 is 11.5 Å². The Morgan fingerprint density at radius 3 is 2.53 bits per heavy atom. The Hall–Kier alpha value is -0.780. The van der Waals surface area contributed by atoms with Crippen molar-refractivity contribution in [2.45, 2.75) is 25.8 Å². The molecule has 17 heavy (non-hydrogen) atoms. The first-order chi connectivity index (χ1) is 7.53. The van der Waals surface area contributed by atoms with E-state index in [9.17, 15) is 14.8 Å². The van der Waals surface area contributed by atoms with Crippen molar-refractivity contribution in [3.05, 3.63) is 35.0 Å². The second-order valence-corrected chi connectivity index (χ2v) is 4.05. The normalized spacial score (nSPS) is 13.6. The van der Waals surface area contributed by atoms with E-state index in [1.165, 1.54) is 12.3 Å². The topological polar surface area (TPSA) is 82.5 Å². The van der Waals surface area contributed by atoms with Crippen molar-refractivity contribution in [3.63, 3.8) is 0 Å². The zero-order chi connectivity index (χ0) is 12.2. The van der Waals surface area contributed by atoms with Crippen LogP contribution >= 0.6 is 0 Å². The second kappa shape index (κ2) is 6.83. The van der Waals surface area contributed by atoms with Crippen molar-refractivity contribution in [1.29, 1.82) is 0 Å². The minimum absolute atomic E-state index is 0. The molecule has 1 aromatic heterocycles. The Bertz CT molecular complexity index is 384. The van der Waals surface area contributed by atoms with E-state index in [-0.39, 0.29) is 47.6 Å². The minimum atomic E-state index is -1.88. The number of aromatic nitrogens is 1. The van der Waals surface area contributed by atoms with Crippen LogP contribution in [-0.4, -0.2) is 11.0 Å². The summed E-state index contributed by atoms with van der Waals surface area (Å²) in [6.45, 7) is 3.62. The molecule has 1 aromatic rings. The molecule has 6 heteroatoms. The third-order valence-corrected chi connectivity index (χ3v) is 2.29. The van der Waals surface area contributed by atoms with Gasteiger partial charge in [-0.2, -0.15) is 0 Å². The minimum Gasteiger partial charge on any atom is -0.547 e. The second-order valence-electron chi connectivity index (χ2n) is 4.05. The van der Waals surface area contributed by atoms with E-state index in [1.54, 1.807) is 12.1 Å². The van der Waals surface area contributed by atoms with E-state index in [4.69, 9.17) is 0 Å². The summed E-state index contributed by atoms with van der Waals surface area (Å²) in [5, 5.41) is 13.9. The van der Waals surface area contributed by atoms with Crippen LogP contribution in [0.1, 0.15) is 26.0 Å². The van der Waals surface area contributed by atoms with Crippen LogP contribution < -0.4 is 34.7 Å². The number of carbonyl (C=O) groups is 1. The predicted octanol–water partition coefficient (Wildman–Crippen LogP) is -2.16. The monoisotopic (exact) mass is 244 g/mol. The first kappa shape index (κ1) is 16.2. The van der Waals surface area contributed by atoms with Crippen LogP contribution in [0.15, 0.2) is 29.6 Å². The molecular formula is C11H13N2NaO3. The number of hydrogen-bond acceptors (Lipinski definition) is 5. The average Bonchev–Trinajstić information content (AvgIpc) is 2.26. The van der Waals surface area contributed by atoms with Crippen molar-refractivity contribution in [3.8, 4) is 0 Å². The zero-order valence-electron chi connectivity index (χ0n) is 10.2. The summed E-state index contributed by atoms with van der Waals surface area (Å²) in [5.74, 6) is -1.51. The molecule has 0 fully saturated rings. The van der Waals surface area contributed by atoms with E-state index in [2.05, 4.69) is 10.2 Å². The molecule has 1 rings (SSSR count). The summed E-state index contributed by atoms with van der Waals surface area (Å²) in [7, 11) is 0. The fourth-order valence-electron chi connectivity index (χ4n) is 1.61. The van der Waals surface area contributed by atoms with Crippen LogP contribution in [0.4, 0.5) is 0 Å². The third kappa shape index (κ3) is 3.59. The smallest absolute Gasteiger partial charge is 0.547 e. The average molecular weight is 244 g/mol. The van der Waals surface area contributed by atoms with Crippen LogP contribution in [0, 0.1) is 10.8 Å². The molecule has 0 aromatic carbocycles. The first-order valence-corrected chi connectivity index (χ1v) is 5.00. The molecule has 0 saturated carbocycles. The quantitative estimate of drug-likeness (QED) is 0.436. The van der Waals surface area contributed by atoms with Gasteiger partial charge in [-0.1, -0.05) is 25.1 Å². The van der Waals surface area contributed by atoms with E-state index in [1.807, 2.05) is 13.8 Å². The number of rotatable bonds is 5. The van der Waals surface area contributed by atoms with Gasteiger partial charge in [0.25, 0.3) is 0 Å². The number of aliphatic carboxylic acids is 1. The van der Waals surface area contributed by atoms with Gasteiger partial charge in [0.1, 0.15) is 0 Å². The van der Waals surface area contributed by atoms with E-state index in [0.29, 0.717) is 0 Å². The van der Waals surface area contributed by atoms with Gasteiger partial charge >= 0.3 is 29.6 Å². The number of carboxylic acids is 1. The molecule has 0 aliphatic carbocycles. The van der Waals surface area contributed by atoms with Gasteiger partial charge in [-0.15, -0.1) is 4.91 Å². The summed E-state index contributed by atoms with van der Waals surface area (Å²) >= 11 is 0. The molecule has 1 atom stereocenters. The largest absolute Gasteiger partial charge is 1.00 e. The van der Waals surface area contributed by atoms with Crippen molar-refractivity contribution in [2.24, 2.45) is 11.1 Å². The number of carbonyl (C=O) groups excluding carboxylic acids is 1. The van der Waals surface area contributed by atoms with Crippen LogP contribution in [0.2, 0.25) is 0 Å². The van der Waals surface area contributed by atoms with Crippen molar-refractivity contribution < 1.29 is 39.5 Å². The maximum absolute atomic E-state index is 11.1. The van der Waals surface area contributed by atoms with Gasteiger partial charge in [0.15, 0.2) is 5.54 Å². The predicted molar refractivity (Wildman–Crippen MR) is 56.2 cm³/mol. The van der Waals surface area contributed by atoms with Gasteiger partial charge in [0.2, 0.25) is 0 Å². The molecule has 86 valence electrons. The van der Waals surface area contributed by atoms with Gasteiger partial charge < -0.3 is 9.90 Å². The molecule has 5 nitrogen and oxygen atoms in total. The van der Waals surface area contributed by atoms with Gasteiger partial charge in [0.05, 0.1) is 11.7 Å². The fourth-order valence-corrected chi connectivity index (χ4v) is 1.61. The first-order valence-electron chi connectivity index (χ1n) is 5.00. The molecule has 0 spiro atoms. The number of pyridine rings is 1. The van der Waals surface area contributed by atoms with Crippen molar-refractivity contribution in [1.82, 2.24) is 4.98 Å². The van der Waals surface area contributed by atoms with Gasteiger partial charge in [-0.3, -0.25) is 4.98 Å². The van der Waals surface area contributed by atoms with E-state index >= 15 is 0 Å². The molecular weight excluding hydrogens is 231 g/mol. The van der Waals surface area contributed by atoms with Crippen LogP contribution in [0.25, 0.3) is 0 Å². The number of nitroso groups, excluding NO2 is 1. The SMILES string of the molecule is CC(C)C[C@](N=O)(C(=O)[O-])c1ccccn1.[Na+]. The Balaban J connectivity index is 0.00000256. The Labute approximate surface area is 122 Å². The van der Waals surface area contributed by atoms with Gasteiger partial charge in [-0.25, -0.2) is 0 Å². The maximum atomic E-state index is 11.1. The van der Waals surface area contributed by atoms with E-state index in [0.717, 1.165) is 0 Å². The van der Waals surface area contributed by atoms with Gasteiger partial charge in [0, 0.05) is 6.20 Å². The van der Waals surface area contributed by atoms with Crippen LogP contribution in [0.5, 0.6) is 0 Å². The Kier molecular flexibility index (Phi) is 6.52. The molecule has 0 aliphatic rings. The summed E-state index contributed by atoms with van der Waals surface area (Å²) in [6.07, 6.45) is 1.51. The Morgan fingerprint density at radius 1 is 1.53 bits per heavy atom. The molecule has 0 radical (unpaired) electrons. The number of carboxylic acid groups (broad SMARTS) is 1. The fraction of sp³-hybridized carbons (Fsp3) is 0.455. The standard InChI is InChI=1S/C11H14N2O3.Na/c1-8(2)7-11(13-16,10(14)15)9-5-3-4-6-12-9;/h3-6,8H,7H2,1-2H3,(H,14,15);/q;+1/p-1/t11-;/m1./s1. The molecule has 0 N–H and O–H groups in total. The third-order valence-electron chi connectivity index (χ3n) is 2.29. The summed E-state index contributed by atoms with van der Waals surface area (Å²) in [5.41, 5.74) is -1.76. The molecule has 0 saturated heterocycles. The van der Waals surface area contributed by atoms with Gasteiger partial charge in [-0.05, 0) is 24.5 Å². The van der Waals surface area contributed by atoms with Crippen molar-refractivity contribution >= 4 is 5.97 Å².